The quantitative estimate of drug-likeness (QED) is 0.0525. The van der Waals surface area contributed by atoms with Crippen LogP contribution in [0.25, 0.3) is 0 Å². The fourth-order valence-electron chi connectivity index (χ4n) is 9.88. The van der Waals surface area contributed by atoms with E-state index in [0.29, 0.717) is 0 Å². The summed E-state index contributed by atoms with van der Waals surface area (Å²) in [6.45, 7) is 8.87. The first kappa shape index (κ1) is 59.0. The second-order valence-corrected chi connectivity index (χ2v) is 32.0. The van der Waals surface area contributed by atoms with Crippen molar-refractivity contribution in [2.75, 3.05) is 0 Å². The molecule has 0 spiro atoms. The van der Waals surface area contributed by atoms with Gasteiger partial charge in [0, 0.05) is 0 Å². The third-order valence-corrected chi connectivity index (χ3v) is 23.8. The Kier molecular flexibility index (Phi) is 23.5. The van der Waals surface area contributed by atoms with Crippen LogP contribution >= 0.6 is 15.8 Å². The molecule has 0 aromatic heterocycles. The Bertz CT molecular complexity index is 2510. The van der Waals surface area contributed by atoms with E-state index in [1.807, 2.05) is 12.1 Å². The minimum Gasteiger partial charge on any atom is -0.691 e. The van der Waals surface area contributed by atoms with Gasteiger partial charge in [0.1, 0.15) is 0 Å². The number of hydrogen-bond acceptors (Lipinski definition) is 2. The third kappa shape index (κ3) is 17.4. The summed E-state index contributed by atoms with van der Waals surface area (Å²) in [6, 6.07) is 85.6. The summed E-state index contributed by atoms with van der Waals surface area (Å²) < 4.78 is 12.9. The molecule has 10 rings (SSSR count). The van der Waals surface area contributed by atoms with Gasteiger partial charge < -0.3 is 33.5 Å². The molecule has 0 saturated heterocycles. The Hall–Kier alpha value is -5.22. The Morgan fingerprint density at radius 1 is 0.320 bits per heavy atom. The smallest absolute Gasteiger partial charge is 0.691 e. The van der Waals surface area contributed by atoms with Crippen molar-refractivity contribution >= 4 is 74.7 Å². The van der Waals surface area contributed by atoms with Crippen LogP contribution in [0, 0.1) is 24.7 Å². The Morgan fingerprint density at radius 2 is 0.507 bits per heavy atom. The second-order valence-electron chi connectivity index (χ2n) is 20.0. The minimum atomic E-state index is -1.94. The van der Waals surface area contributed by atoms with E-state index in [2.05, 4.69) is 269 Å². The molecule has 2 aliphatic rings. The second kappa shape index (κ2) is 29.9. The zero-order valence-electron chi connectivity index (χ0n) is 44.2. The number of benzene rings is 8. The summed E-state index contributed by atoms with van der Waals surface area (Å²) in [5.41, 5.74) is -0.826. The monoisotopic (exact) mass is 1230 g/mol. The Morgan fingerprint density at radius 3 is 0.693 bits per heavy atom. The van der Waals surface area contributed by atoms with E-state index >= 15 is 0 Å². The fraction of sp³-hybridized carbons (Fsp3) is 0.235. The molecule has 0 atom stereocenters. The fourth-order valence-corrected chi connectivity index (χ4v) is 19.2. The molecular weight excluding hydrogens is 1160 g/mol. The zero-order valence-corrected chi connectivity index (χ0v) is 50.3. The van der Waals surface area contributed by atoms with Crippen molar-refractivity contribution in [3.8, 4) is 11.8 Å². The average Bonchev–Trinajstić information content (AvgIpc) is 3.46. The zero-order chi connectivity index (χ0) is 52.0. The van der Waals surface area contributed by atoms with Gasteiger partial charge >= 0.3 is 21.1 Å². The van der Waals surface area contributed by atoms with Gasteiger partial charge in [0.15, 0.2) is 0 Å². The topological polar surface area (TPSA) is 18.5 Å². The van der Waals surface area contributed by atoms with E-state index in [1.54, 1.807) is 0 Å². The van der Waals surface area contributed by atoms with Gasteiger partial charge in [-0.15, -0.1) is 0 Å². The van der Waals surface area contributed by atoms with Crippen molar-refractivity contribution in [2.24, 2.45) is 0 Å². The summed E-state index contributed by atoms with van der Waals surface area (Å²) in [5, 5.41) is 11.0. The van der Waals surface area contributed by atoms with E-state index in [4.69, 9.17) is 21.7 Å². The molecule has 0 aliphatic heterocycles. The maximum atomic E-state index is 7.63. The molecule has 8 aromatic rings. The first-order chi connectivity index (χ1) is 36.1. The van der Waals surface area contributed by atoms with E-state index in [9.17, 15) is 0 Å². The van der Waals surface area contributed by atoms with Crippen LogP contribution in [0.2, 0.25) is 26.2 Å². The maximum Gasteiger partial charge on any atom is 2.00 e. The molecule has 2 aliphatic carbocycles. The molecule has 2 saturated carbocycles. The van der Waals surface area contributed by atoms with Crippen LogP contribution in [-0.4, -0.2) is 27.8 Å². The van der Waals surface area contributed by atoms with Crippen molar-refractivity contribution in [3.63, 3.8) is 0 Å². The van der Waals surface area contributed by atoms with E-state index in [0.717, 1.165) is 51.4 Å². The van der Waals surface area contributed by atoms with Crippen LogP contribution in [0.15, 0.2) is 243 Å². The first-order valence-corrected chi connectivity index (χ1v) is 34.9. The standard InChI is InChI=1S/2C18H15P.2C16H21OSi.Pt/c2*1-4-10-16(11-5-1)19(17-12-6-2-7-13-17)18-14-8-3-9-15-18;2*1-4-16(13-9-6-10-14-16)17-18(2,3)15-11-7-5-8-12-15;/h2*1-15H;2*5,7-8,11-12H,6,9-10,13-14H2,2-3H3;/q;;2*-1;+2. The maximum absolute atomic E-state index is 7.63. The van der Waals surface area contributed by atoms with Crippen LogP contribution in [0.5, 0.6) is 0 Å². The molecule has 8 aromatic carbocycles. The van der Waals surface area contributed by atoms with Gasteiger partial charge in [-0.3, -0.25) is 0 Å². The van der Waals surface area contributed by atoms with Crippen LogP contribution in [0.1, 0.15) is 64.2 Å². The van der Waals surface area contributed by atoms with Gasteiger partial charge in [0.2, 0.25) is 16.6 Å². The Balaban J connectivity index is 0.000000162. The SMILES string of the molecule is [C-]#CC1(O[Si](C)(C)c2ccccc2)CCCCC1.[C-]#CC1(O[Si](C)(C)c2ccccc2)CCCCC1.[Pt+2].c1ccc(P(c2ccccc2)c2ccccc2)cc1.c1ccc(P(c2ccccc2)c2ccccc2)cc1. The predicted octanol–water partition coefficient (Wildman–Crippen LogP) is 13.7. The van der Waals surface area contributed by atoms with Gasteiger partial charge in [-0.2, -0.15) is 0 Å². The van der Waals surface area contributed by atoms with Gasteiger partial charge in [-0.1, -0.05) is 255 Å². The largest absolute Gasteiger partial charge is 2.00 e. The summed E-state index contributed by atoms with van der Waals surface area (Å²) in [7, 11) is -4.78. The molecule has 0 radical (unpaired) electrons. The van der Waals surface area contributed by atoms with E-state index < -0.39 is 43.7 Å². The molecule has 2 fully saturated rings. The molecule has 384 valence electrons. The summed E-state index contributed by atoms with van der Waals surface area (Å²) in [5.74, 6) is 5.41. The van der Waals surface area contributed by atoms with Gasteiger partial charge in [-0.25, -0.2) is 0 Å². The summed E-state index contributed by atoms with van der Waals surface area (Å²) >= 11 is 0. The molecule has 7 heteroatoms. The minimum absolute atomic E-state index is 0. The van der Waals surface area contributed by atoms with Crippen LogP contribution in [0.3, 0.4) is 0 Å². The normalized spacial score (nSPS) is 14.6. The molecule has 0 amide bonds. The van der Waals surface area contributed by atoms with E-state index in [1.165, 1.54) is 55.0 Å². The Labute approximate surface area is 470 Å². The average molecular weight is 1230 g/mol. The van der Waals surface area contributed by atoms with Crippen molar-refractivity contribution in [3.05, 3.63) is 256 Å². The van der Waals surface area contributed by atoms with Gasteiger partial charge in [-0.05, 0) is 136 Å². The van der Waals surface area contributed by atoms with Gasteiger partial charge in [0.25, 0.3) is 0 Å². The number of hydrogen-bond donors (Lipinski definition) is 0. The molecular formula is C68H72O2P2PtSi2. The molecule has 0 bridgehead atoms. The van der Waals surface area contributed by atoms with Gasteiger partial charge in [0.05, 0.1) is 11.2 Å². The third-order valence-electron chi connectivity index (χ3n) is 13.7. The molecule has 0 N–H and O–H groups in total. The van der Waals surface area contributed by atoms with Crippen molar-refractivity contribution in [1.82, 2.24) is 0 Å². The van der Waals surface area contributed by atoms with Crippen LogP contribution < -0.4 is 42.2 Å². The molecule has 75 heavy (non-hydrogen) atoms. The summed E-state index contributed by atoms with van der Waals surface area (Å²) in [6.07, 6.45) is 26.3. The van der Waals surface area contributed by atoms with Crippen LogP contribution in [-0.2, 0) is 29.9 Å². The van der Waals surface area contributed by atoms with Crippen LogP contribution in [0.4, 0.5) is 0 Å². The first-order valence-electron chi connectivity index (χ1n) is 26.4. The van der Waals surface area contributed by atoms with Crippen molar-refractivity contribution in [2.45, 2.75) is 102 Å². The molecule has 0 unspecified atom stereocenters. The summed E-state index contributed by atoms with van der Waals surface area (Å²) in [4.78, 5) is 0. The predicted molar refractivity (Wildman–Crippen MR) is 325 cm³/mol. The van der Waals surface area contributed by atoms with Crippen molar-refractivity contribution in [1.29, 1.82) is 0 Å². The van der Waals surface area contributed by atoms with E-state index in [-0.39, 0.29) is 21.1 Å². The number of rotatable bonds is 12. The van der Waals surface area contributed by atoms with Crippen molar-refractivity contribution < 1.29 is 29.9 Å². The molecule has 0 heterocycles. The molecule has 2 nitrogen and oxygen atoms in total.